The van der Waals surface area contributed by atoms with Crippen LogP contribution < -0.4 is 0 Å². The molecule has 1 aromatic heterocycles. The first-order chi connectivity index (χ1) is 11.3. The first-order valence-electron chi connectivity index (χ1n) is 7.29. The topological polar surface area (TPSA) is 55.0 Å². The standard InChI is InChI=1S/C18H14N2O2S/c1-22-18(21)12-6-8-14-13(10-12)17(20-19-14)16-9-7-11-4-2-3-5-15(11)23-16/h2-6,8-10H,7H2,1H3,(H,19,20). The fraction of sp³-hybridized carbons (Fsp3) is 0.111. The molecule has 23 heavy (non-hydrogen) atoms. The number of carbonyl (C=O) groups excluding carboxylic acids is 1. The maximum absolute atomic E-state index is 11.8. The molecule has 0 atom stereocenters. The molecule has 0 aliphatic carbocycles. The van der Waals surface area contributed by atoms with E-state index in [1.165, 1.54) is 17.6 Å². The van der Waals surface area contributed by atoms with E-state index in [0.717, 1.165) is 27.9 Å². The maximum atomic E-state index is 11.8. The molecule has 0 amide bonds. The van der Waals surface area contributed by atoms with E-state index in [9.17, 15) is 4.79 Å². The van der Waals surface area contributed by atoms with Gasteiger partial charge in [-0.3, -0.25) is 5.10 Å². The Hall–Kier alpha value is -2.53. The highest BCUT2D eigenvalue weighted by atomic mass is 32.2. The lowest BCUT2D eigenvalue weighted by Crippen LogP contribution is -2.00. The number of esters is 1. The lowest BCUT2D eigenvalue weighted by Gasteiger charge is -2.15. The van der Waals surface area contributed by atoms with E-state index < -0.39 is 0 Å². The van der Waals surface area contributed by atoms with E-state index in [-0.39, 0.29) is 5.97 Å². The Labute approximate surface area is 137 Å². The molecule has 0 spiro atoms. The zero-order valence-corrected chi connectivity index (χ0v) is 13.3. The van der Waals surface area contributed by atoms with Crippen LogP contribution in [-0.4, -0.2) is 23.3 Å². The molecule has 0 radical (unpaired) electrons. The van der Waals surface area contributed by atoms with Gasteiger partial charge in [0, 0.05) is 15.2 Å². The molecule has 3 aromatic rings. The largest absolute Gasteiger partial charge is 0.465 e. The fourth-order valence-electron chi connectivity index (χ4n) is 2.73. The van der Waals surface area contributed by atoms with Crippen molar-refractivity contribution in [2.24, 2.45) is 0 Å². The van der Waals surface area contributed by atoms with Crippen LogP contribution in [0, 0.1) is 0 Å². The second-order valence-electron chi connectivity index (χ2n) is 5.31. The summed E-state index contributed by atoms with van der Waals surface area (Å²) in [5, 5.41) is 8.43. The van der Waals surface area contributed by atoms with Gasteiger partial charge in [-0.2, -0.15) is 5.10 Å². The monoisotopic (exact) mass is 322 g/mol. The van der Waals surface area contributed by atoms with Gasteiger partial charge in [0.15, 0.2) is 0 Å². The number of rotatable bonds is 2. The minimum Gasteiger partial charge on any atom is -0.465 e. The molecule has 2 heterocycles. The Morgan fingerprint density at radius 3 is 3.00 bits per heavy atom. The Morgan fingerprint density at radius 2 is 2.13 bits per heavy atom. The normalized spacial score (nSPS) is 13.5. The zero-order valence-electron chi connectivity index (χ0n) is 12.5. The molecular formula is C18H14N2O2S. The number of aromatic amines is 1. The van der Waals surface area contributed by atoms with Crippen LogP contribution in [0.15, 0.2) is 53.4 Å². The van der Waals surface area contributed by atoms with Crippen molar-refractivity contribution >= 4 is 33.5 Å². The van der Waals surface area contributed by atoms with Gasteiger partial charge in [-0.15, -0.1) is 0 Å². The van der Waals surface area contributed by atoms with Crippen molar-refractivity contribution in [2.75, 3.05) is 7.11 Å². The number of fused-ring (bicyclic) bond motifs is 2. The molecule has 1 N–H and O–H groups in total. The average molecular weight is 322 g/mol. The van der Waals surface area contributed by atoms with Crippen LogP contribution in [0.4, 0.5) is 0 Å². The van der Waals surface area contributed by atoms with E-state index in [2.05, 4.69) is 34.5 Å². The number of methoxy groups -OCH3 is 1. The summed E-state index contributed by atoms with van der Waals surface area (Å²) in [6, 6.07) is 13.8. The molecule has 1 aliphatic heterocycles. The molecule has 5 heteroatoms. The number of thioether (sulfide) groups is 1. The molecule has 0 unspecified atom stereocenters. The third kappa shape index (κ3) is 2.43. The van der Waals surface area contributed by atoms with Crippen LogP contribution in [0.5, 0.6) is 0 Å². The molecule has 0 saturated heterocycles. The van der Waals surface area contributed by atoms with Crippen LogP contribution >= 0.6 is 11.8 Å². The number of carbonyl (C=O) groups is 1. The molecule has 114 valence electrons. The minimum absolute atomic E-state index is 0.338. The van der Waals surface area contributed by atoms with Gasteiger partial charge in [0.25, 0.3) is 0 Å². The molecule has 4 nitrogen and oxygen atoms in total. The van der Waals surface area contributed by atoms with Crippen molar-refractivity contribution in [3.8, 4) is 0 Å². The van der Waals surface area contributed by atoms with Gasteiger partial charge in [-0.1, -0.05) is 36.0 Å². The predicted octanol–water partition coefficient (Wildman–Crippen LogP) is 4.04. The highest BCUT2D eigenvalue weighted by molar-refractivity contribution is 8.08. The summed E-state index contributed by atoms with van der Waals surface area (Å²) in [7, 11) is 1.39. The first-order valence-corrected chi connectivity index (χ1v) is 8.10. The summed E-state index contributed by atoms with van der Waals surface area (Å²) in [4.78, 5) is 14.1. The molecule has 1 aliphatic rings. The van der Waals surface area contributed by atoms with Crippen molar-refractivity contribution in [2.45, 2.75) is 11.3 Å². The van der Waals surface area contributed by atoms with Crippen molar-refractivity contribution in [3.05, 3.63) is 65.4 Å². The van der Waals surface area contributed by atoms with Gasteiger partial charge in [-0.25, -0.2) is 4.79 Å². The number of nitrogens with zero attached hydrogens (tertiary/aromatic N) is 1. The molecular weight excluding hydrogens is 308 g/mol. The maximum Gasteiger partial charge on any atom is 0.337 e. The van der Waals surface area contributed by atoms with Crippen molar-refractivity contribution < 1.29 is 9.53 Å². The summed E-state index contributed by atoms with van der Waals surface area (Å²) < 4.78 is 4.80. The Morgan fingerprint density at radius 1 is 1.26 bits per heavy atom. The minimum atomic E-state index is -0.338. The number of allylic oxidation sites excluding steroid dienone is 1. The van der Waals surface area contributed by atoms with Crippen LogP contribution in [0.2, 0.25) is 0 Å². The van der Waals surface area contributed by atoms with E-state index in [1.54, 1.807) is 17.8 Å². The van der Waals surface area contributed by atoms with Gasteiger partial charge in [0.1, 0.15) is 5.69 Å². The van der Waals surface area contributed by atoms with Crippen LogP contribution in [-0.2, 0) is 11.2 Å². The van der Waals surface area contributed by atoms with E-state index in [0.29, 0.717) is 5.56 Å². The molecule has 0 saturated carbocycles. The SMILES string of the molecule is COC(=O)c1ccc2[nH]nc(C3=CCc4ccccc4S3)c2c1. The first kappa shape index (κ1) is 14.1. The molecule has 0 fully saturated rings. The molecule has 4 rings (SSSR count). The smallest absolute Gasteiger partial charge is 0.337 e. The lowest BCUT2D eigenvalue weighted by molar-refractivity contribution is 0.0601. The van der Waals surface area contributed by atoms with Crippen molar-refractivity contribution in [3.63, 3.8) is 0 Å². The third-order valence-electron chi connectivity index (χ3n) is 3.92. The van der Waals surface area contributed by atoms with Crippen molar-refractivity contribution in [1.82, 2.24) is 10.2 Å². The number of hydrogen-bond donors (Lipinski definition) is 1. The quantitative estimate of drug-likeness (QED) is 0.724. The number of H-pyrrole nitrogens is 1. The average Bonchev–Trinajstić information content (AvgIpc) is 3.03. The summed E-state index contributed by atoms with van der Waals surface area (Å²) in [5.74, 6) is -0.338. The molecule has 0 bridgehead atoms. The summed E-state index contributed by atoms with van der Waals surface area (Å²) >= 11 is 1.71. The third-order valence-corrected chi connectivity index (χ3v) is 5.12. The second kappa shape index (κ2) is 5.59. The van der Waals surface area contributed by atoms with E-state index in [4.69, 9.17) is 4.74 Å². The van der Waals surface area contributed by atoms with Gasteiger partial charge in [-0.05, 0) is 36.2 Å². The number of benzene rings is 2. The van der Waals surface area contributed by atoms with Crippen LogP contribution in [0.25, 0.3) is 15.8 Å². The van der Waals surface area contributed by atoms with E-state index in [1.807, 2.05) is 18.2 Å². The number of hydrogen-bond acceptors (Lipinski definition) is 4. The molecule has 2 aromatic carbocycles. The Kier molecular flexibility index (Phi) is 3.42. The predicted molar refractivity (Wildman–Crippen MR) is 91.4 cm³/mol. The summed E-state index contributed by atoms with van der Waals surface area (Å²) in [6.07, 6.45) is 3.08. The Balaban J connectivity index is 1.78. The van der Waals surface area contributed by atoms with Gasteiger partial charge in [0.05, 0.1) is 18.2 Å². The Bertz CT molecular complexity index is 943. The van der Waals surface area contributed by atoms with Gasteiger partial charge in [0.2, 0.25) is 0 Å². The van der Waals surface area contributed by atoms with E-state index >= 15 is 0 Å². The van der Waals surface area contributed by atoms with Crippen LogP contribution in [0.1, 0.15) is 21.6 Å². The highest BCUT2D eigenvalue weighted by Crippen LogP contribution is 2.41. The number of nitrogens with one attached hydrogen (secondary N) is 1. The second-order valence-corrected chi connectivity index (χ2v) is 6.39. The van der Waals surface area contributed by atoms with Crippen molar-refractivity contribution in [1.29, 1.82) is 0 Å². The summed E-state index contributed by atoms with van der Waals surface area (Å²) in [6.45, 7) is 0. The number of aromatic nitrogens is 2. The lowest BCUT2D eigenvalue weighted by atomic mass is 10.1. The number of ether oxygens (including phenoxy) is 1. The van der Waals surface area contributed by atoms with Gasteiger partial charge >= 0.3 is 5.97 Å². The van der Waals surface area contributed by atoms with Gasteiger partial charge < -0.3 is 4.74 Å². The highest BCUT2D eigenvalue weighted by Gasteiger charge is 2.18. The van der Waals surface area contributed by atoms with Crippen LogP contribution in [0.3, 0.4) is 0 Å². The fourth-order valence-corrected chi connectivity index (χ4v) is 3.81. The zero-order chi connectivity index (χ0) is 15.8. The summed E-state index contributed by atoms with van der Waals surface area (Å²) in [5.41, 5.74) is 3.65.